The Hall–Kier alpha value is -0.240. The minimum atomic E-state index is 0.776. The largest absolute Gasteiger partial charge is 0.142 e. The van der Waals surface area contributed by atoms with E-state index in [9.17, 15) is 0 Å². The first kappa shape index (κ1) is 9.32. The number of thiophene rings is 1. The fraction of sp³-hybridized carbons (Fsp3) is 0.200. The zero-order chi connectivity index (χ0) is 9.42. The standard InChI is InChI=1S/C10H8Cl2S/c1-2-7-8(11)5-6-3-4-13-10(6)9(7)12/h3-5H,2H2,1H3. The lowest BCUT2D eigenvalue weighted by Crippen LogP contribution is -1.83. The highest BCUT2D eigenvalue weighted by Gasteiger charge is 2.09. The first-order valence-electron chi connectivity index (χ1n) is 4.08. The van der Waals surface area contributed by atoms with E-state index >= 15 is 0 Å². The number of hydrogen-bond acceptors (Lipinski definition) is 1. The number of rotatable bonds is 1. The summed E-state index contributed by atoms with van der Waals surface area (Å²) in [7, 11) is 0. The van der Waals surface area contributed by atoms with Crippen LogP contribution in [0.15, 0.2) is 17.5 Å². The zero-order valence-corrected chi connectivity index (χ0v) is 9.43. The van der Waals surface area contributed by atoms with E-state index < -0.39 is 0 Å². The second kappa shape index (κ2) is 3.49. The molecule has 2 rings (SSSR count). The summed E-state index contributed by atoms with van der Waals surface area (Å²) in [5.74, 6) is 0. The molecule has 0 radical (unpaired) electrons. The number of halogens is 2. The highest BCUT2D eigenvalue weighted by molar-refractivity contribution is 7.17. The van der Waals surface area contributed by atoms with Crippen molar-refractivity contribution in [3.63, 3.8) is 0 Å². The van der Waals surface area contributed by atoms with Crippen LogP contribution in [-0.4, -0.2) is 0 Å². The maximum atomic E-state index is 6.21. The van der Waals surface area contributed by atoms with Gasteiger partial charge in [-0.25, -0.2) is 0 Å². The number of fused-ring (bicyclic) bond motifs is 1. The fourth-order valence-electron chi connectivity index (χ4n) is 1.40. The number of benzene rings is 1. The Morgan fingerprint density at radius 3 is 2.85 bits per heavy atom. The molecule has 0 aliphatic rings. The summed E-state index contributed by atoms with van der Waals surface area (Å²) in [6.45, 7) is 2.06. The van der Waals surface area contributed by atoms with Crippen LogP contribution in [0.25, 0.3) is 10.1 Å². The Balaban J connectivity index is 2.85. The van der Waals surface area contributed by atoms with Crippen LogP contribution < -0.4 is 0 Å². The average molecular weight is 231 g/mol. The summed E-state index contributed by atoms with van der Waals surface area (Å²) in [5.41, 5.74) is 1.05. The molecule has 0 amide bonds. The molecule has 0 N–H and O–H groups in total. The van der Waals surface area contributed by atoms with Crippen LogP contribution in [-0.2, 0) is 6.42 Å². The molecule has 0 spiro atoms. The normalized spacial score (nSPS) is 11.0. The van der Waals surface area contributed by atoms with Crippen LogP contribution in [0.4, 0.5) is 0 Å². The lowest BCUT2D eigenvalue weighted by Gasteiger charge is -2.04. The van der Waals surface area contributed by atoms with Crippen LogP contribution in [0, 0.1) is 0 Å². The molecule has 0 atom stereocenters. The van der Waals surface area contributed by atoms with Crippen molar-refractivity contribution >= 4 is 44.6 Å². The van der Waals surface area contributed by atoms with Crippen molar-refractivity contribution in [2.45, 2.75) is 13.3 Å². The van der Waals surface area contributed by atoms with E-state index in [4.69, 9.17) is 23.2 Å². The smallest absolute Gasteiger partial charge is 0.0630 e. The lowest BCUT2D eigenvalue weighted by atomic mass is 10.1. The summed E-state index contributed by atoms with van der Waals surface area (Å²) < 4.78 is 1.14. The maximum absolute atomic E-state index is 6.21. The second-order valence-corrected chi connectivity index (χ2v) is 4.54. The minimum absolute atomic E-state index is 0.776. The monoisotopic (exact) mass is 230 g/mol. The Morgan fingerprint density at radius 1 is 1.38 bits per heavy atom. The Kier molecular flexibility index (Phi) is 2.50. The van der Waals surface area contributed by atoms with Gasteiger partial charge in [-0.1, -0.05) is 30.1 Å². The van der Waals surface area contributed by atoms with Gasteiger partial charge in [0.15, 0.2) is 0 Å². The number of hydrogen-bond donors (Lipinski definition) is 0. The van der Waals surface area contributed by atoms with E-state index in [2.05, 4.69) is 6.92 Å². The maximum Gasteiger partial charge on any atom is 0.0630 e. The van der Waals surface area contributed by atoms with Gasteiger partial charge in [0.2, 0.25) is 0 Å². The second-order valence-electron chi connectivity index (χ2n) is 2.84. The lowest BCUT2D eigenvalue weighted by molar-refractivity contribution is 1.15. The van der Waals surface area contributed by atoms with E-state index in [0.29, 0.717) is 0 Å². The van der Waals surface area contributed by atoms with Gasteiger partial charge in [-0.15, -0.1) is 11.3 Å². The molecule has 2 aromatic rings. The van der Waals surface area contributed by atoms with Crippen molar-refractivity contribution < 1.29 is 0 Å². The first-order valence-corrected chi connectivity index (χ1v) is 5.71. The summed E-state index contributed by atoms with van der Waals surface area (Å²) >= 11 is 14.0. The highest BCUT2D eigenvalue weighted by atomic mass is 35.5. The molecule has 13 heavy (non-hydrogen) atoms. The SMILES string of the molecule is CCc1c(Cl)cc2ccsc2c1Cl. The van der Waals surface area contributed by atoms with Gasteiger partial charge in [0.25, 0.3) is 0 Å². The van der Waals surface area contributed by atoms with Crippen LogP contribution in [0.1, 0.15) is 12.5 Å². The van der Waals surface area contributed by atoms with Crippen molar-refractivity contribution in [1.82, 2.24) is 0 Å². The average Bonchev–Trinajstić information content (AvgIpc) is 2.53. The van der Waals surface area contributed by atoms with Gasteiger partial charge in [-0.3, -0.25) is 0 Å². The van der Waals surface area contributed by atoms with Gasteiger partial charge in [0, 0.05) is 5.02 Å². The van der Waals surface area contributed by atoms with Crippen molar-refractivity contribution in [3.05, 3.63) is 33.1 Å². The van der Waals surface area contributed by atoms with Crippen LogP contribution in [0.3, 0.4) is 0 Å². The van der Waals surface area contributed by atoms with Crippen LogP contribution >= 0.6 is 34.5 Å². The zero-order valence-electron chi connectivity index (χ0n) is 7.10. The van der Waals surface area contributed by atoms with E-state index in [1.54, 1.807) is 11.3 Å². The van der Waals surface area contributed by atoms with Gasteiger partial charge in [-0.05, 0) is 34.9 Å². The highest BCUT2D eigenvalue weighted by Crippen LogP contribution is 2.36. The van der Waals surface area contributed by atoms with Crippen LogP contribution in [0.5, 0.6) is 0 Å². The summed E-state index contributed by atoms with van der Waals surface area (Å²) in [6.07, 6.45) is 0.880. The predicted molar refractivity (Wildman–Crippen MR) is 61.2 cm³/mol. The fourth-order valence-corrected chi connectivity index (χ4v) is 3.11. The van der Waals surface area contributed by atoms with Crippen molar-refractivity contribution in [3.8, 4) is 0 Å². The summed E-state index contributed by atoms with van der Waals surface area (Å²) in [5, 5.41) is 4.77. The molecular formula is C10H8Cl2S. The summed E-state index contributed by atoms with van der Waals surface area (Å²) in [4.78, 5) is 0. The molecule has 0 bridgehead atoms. The first-order chi connectivity index (χ1) is 6.24. The van der Waals surface area contributed by atoms with E-state index in [1.807, 2.05) is 17.5 Å². The van der Waals surface area contributed by atoms with E-state index in [0.717, 1.165) is 32.1 Å². The summed E-state index contributed by atoms with van der Waals surface area (Å²) in [6, 6.07) is 4.02. The topological polar surface area (TPSA) is 0 Å². The van der Waals surface area contributed by atoms with Gasteiger partial charge in [0.05, 0.1) is 9.72 Å². The van der Waals surface area contributed by atoms with Gasteiger partial charge < -0.3 is 0 Å². The van der Waals surface area contributed by atoms with E-state index in [1.165, 1.54) is 0 Å². The third kappa shape index (κ3) is 1.45. The molecule has 0 unspecified atom stereocenters. The predicted octanol–water partition coefficient (Wildman–Crippen LogP) is 4.77. The molecule has 0 saturated heterocycles. The molecule has 1 aromatic carbocycles. The van der Waals surface area contributed by atoms with Crippen molar-refractivity contribution in [1.29, 1.82) is 0 Å². The minimum Gasteiger partial charge on any atom is -0.142 e. The molecule has 0 fully saturated rings. The van der Waals surface area contributed by atoms with Gasteiger partial charge >= 0.3 is 0 Å². The molecule has 0 aliphatic heterocycles. The molecule has 1 heterocycles. The van der Waals surface area contributed by atoms with Gasteiger partial charge in [0.1, 0.15) is 0 Å². The molecule has 0 aliphatic carbocycles. The van der Waals surface area contributed by atoms with Crippen molar-refractivity contribution in [2.75, 3.05) is 0 Å². The third-order valence-electron chi connectivity index (χ3n) is 2.08. The molecule has 0 nitrogen and oxygen atoms in total. The van der Waals surface area contributed by atoms with Gasteiger partial charge in [-0.2, -0.15) is 0 Å². The molecule has 1 aromatic heterocycles. The molecule has 68 valence electrons. The molecular weight excluding hydrogens is 223 g/mol. The molecule has 3 heteroatoms. The quantitative estimate of drug-likeness (QED) is 0.663. The Bertz CT molecular complexity index is 445. The molecule has 0 saturated carbocycles. The third-order valence-corrected chi connectivity index (χ3v) is 3.90. The van der Waals surface area contributed by atoms with Crippen LogP contribution in [0.2, 0.25) is 10.0 Å². The van der Waals surface area contributed by atoms with E-state index in [-0.39, 0.29) is 0 Å². The Labute approximate surface area is 91.1 Å². The Morgan fingerprint density at radius 2 is 2.15 bits per heavy atom. The van der Waals surface area contributed by atoms with Crippen molar-refractivity contribution in [2.24, 2.45) is 0 Å².